The van der Waals surface area contributed by atoms with Crippen LogP contribution < -0.4 is 0 Å². The van der Waals surface area contributed by atoms with Crippen molar-refractivity contribution in [1.29, 1.82) is 0 Å². The molecule has 0 aliphatic heterocycles. The lowest BCUT2D eigenvalue weighted by atomic mass is 10.9. The van der Waals surface area contributed by atoms with Crippen LogP contribution in [-0.2, 0) is 9.09 Å². The Morgan fingerprint density at radius 2 is 2.33 bits per heavy atom. The van der Waals surface area contributed by atoms with Crippen molar-refractivity contribution in [3.63, 3.8) is 0 Å². The zero-order chi connectivity index (χ0) is 7.33. The summed E-state index contributed by atoms with van der Waals surface area (Å²) in [6.07, 6.45) is 0. The van der Waals surface area contributed by atoms with Crippen molar-refractivity contribution in [2.45, 2.75) is 13.8 Å². The maximum Gasteiger partial charge on any atom is 0.362 e. The lowest BCUT2D eigenvalue weighted by molar-refractivity contribution is 0.352. The molecule has 0 saturated heterocycles. The van der Waals surface area contributed by atoms with E-state index < -0.39 is 6.72 Å². The van der Waals surface area contributed by atoms with Crippen LogP contribution in [0.3, 0.4) is 0 Å². The van der Waals surface area contributed by atoms with Crippen LogP contribution in [0.15, 0.2) is 0 Å². The summed E-state index contributed by atoms with van der Waals surface area (Å²) in [4.78, 5) is 0. The molecule has 4 heteroatoms. The van der Waals surface area contributed by atoms with E-state index in [9.17, 15) is 4.57 Å². The van der Waals surface area contributed by atoms with Gasteiger partial charge in [0.25, 0.3) is 0 Å². The second-order valence-corrected chi connectivity index (χ2v) is 4.04. The molecule has 1 atom stereocenters. The molecule has 0 aromatic heterocycles. The van der Waals surface area contributed by atoms with Gasteiger partial charge in [-0.2, -0.15) is 0 Å². The normalized spacial score (nSPS) is 15.4. The van der Waals surface area contributed by atoms with E-state index in [2.05, 4.69) is 16.1 Å². The average molecular weight is 167 g/mol. The molecule has 0 aliphatic rings. The molecule has 0 aliphatic carbocycles. The van der Waals surface area contributed by atoms with Crippen LogP contribution in [0.2, 0.25) is 0 Å². The zero-order valence-electron chi connectivity index (χ0n) is 5.35. The first kappa shape index (κ1) is 9.04. The van der Waals surface area contributed by atoms with Crippen molar-refractivity contribution in [2.75, 3.05) is 6.61 Å². The Labute approximate surface area is 59.8 Å². The number of hydrogen-bond donors (Lipinski definition) is 0. The minimum Gasteiger partial charge on any atom is -0.309 e. The fourth-order valence-electron chi connectivity index (χ4n) is 0.332. The highest BCUT2D eigenvalue weighted by atomic mass is 35.7. The summed E-state index contributed by atoms with van der Waals surface area (Å²) in [5.41, 5.74) is 2.27. The second kappa shape index (κ2) is 3.95. The first-order valence-corrected chi connectivity index (χ1v) is 5.03. The lowest BCUT2D eigenvalue weighted by Crippen LogP contribution is -1.78. The molecule has 0 radical (unpaired) electrons. The number of hydrogen-bond acceptors (Lipinski definition) is 2. The van der Waals surface area contributed by atoms with Crippen molar-refractivity contribution in [2.24, 2.45) is 0 Å². The molecule has 0 saturated carbocycles. The van der Waals surface area contributed by atoms with Gasteiger partial charge in [0.15, 0.2) is 0 Å². The van der Waals surface area contributed by atoms with E-state index in [-0.39, 0.29) is 0 Å². The van der Waals surface area contributed by atoms with Crippen molar-refractivity contribution >= 4 is 18.0 Å². The van der Waals surface area contributed by atoms with Gasteiger partial charge < -0.3 is 4.52 Å². The van der Waals surface area contributed by atoms with Gasteiger partial charge in [0.2, 0.25) is 0 Å². The summed E-state index contributed by atoms with van der Waals surface area (Å²) in [6.45, 7) is 0.526. The monoisotopic (exact) mass is 166 g/mol. The van der Waals surface area contributed by atoms with Gasteiger partial charge in [-0.25, -0.2) is 0 Å². The molecular weight excluding hydrogens is 158 g/mol. The third-order valence-corrected chi connectivity index (χ3v) is 2.17. The predicted molar refractivity (Wildman–Crippen MR) is 38.5 cm³/mol. The molecule has 9 heavy (non-hydrogen) atoms. The molecule has 0 aromatic carbocycles. The van der Waals surface area contributed by atoms with Crippen LogP contribution in [0.4, 0.5) is 0 Å². The maximum absolute atomic E-state index is 10.8. The van der Waals surface area contributed by atoms with Crippen molar-refractivity contribution in [1.82, 2.24) is 0 Å². The SMILES string of the molecule is CC#CP(=O)(Cl)OCC. The Balaban J connectivity index is 3.98. The number of halogens is 1. The molecule has 0 spiro atoms. The van der Waals surface area contributed by atoms with Crippen LogP contribution in [0.25, 0.3) is 0 Å². The van der Waals surface area contributed by atoms with E-state index in [0.29, 0.717) is 6.61 Å². The van der Waals surface area contributed by atoms with Gasteiger partial charge in [0.1, 0.15) is 0 Å². The van der Waals surface area contributed by atoms with E-state index in [1.165, 1.54) is 0 Å². The summed E-state index contributed by atoms with van der Waals surface area (Å²) in [5.74, 6) is 2.42. The van der Waals surface area contributed by atoms with Crippen molar-refractivity contribution in [3.05, 3.63) is 0 Å². The molecular formula is C5H8ClO2P. The van der Waals surface area contributed by atoms with E-state index in [1.54, 1.807) is 13.8 Å². The Kier molecular flexibility index (Phi) is 3.97. The Morgan fingerprint density at radius 1 is 1.78 bits per heavy atom. The standard InChI is InChI=1S/C5H8ClO2P/c1-3-5-9(6,7)8-4-2/h4H2,1-2H3. The van der Waals surface area contributed by atoms with E-state index in [1.807, 2.05) is 0 Å². The fraction of sp³-hybridized carbons (Fsp3) is 0.600. The molecule has 52 valence electrons. The topological polar surface area (TPSA) is 26.3 Å². The Bertz CT molecular complexity index is 179. The highest BCUT2D eigenvalue weighted by molar-refractivity contribution is 7.89. The summed E-state index contributed by atoms with van der Waals surface area (Å²) in [6, 6.07) is 0. The largest absolute Gasteiger partial charge is 0.362 e. The van der Waals surface area contributed by atoms with Crippen molar-refractivity contribution in [3.8, 4) is 11.6 Å². The smallest absolute Gasteiger partial charge is 0.309 e. The van der Waals surface area contributed by atoms with Crippen molar-refractivity contribution < 1.29 is 9.09 Å². The molecule has 0 N–H and O–H groups in total. The molecule has 0 bridgehead atoms. The summed E-state index contributed by atoms with van der Waals surface area (Å²) < 4.78 is 15.4. The molecule has 0 rings (SSSR count). The summed E-state index contributed by atoms with van der Waals surface area (Å²) >= 11 is 5.30. The van der Waals surface area contributed by atoms with Gasteiger partial charge in [0.05, 0.1) is 6.61 Å². The predicted octanol–water partition coefficient (Wildman–Crippen LogP) is 2.44. The van der Waals surface area contributed by atoms with Crippen LogP contribution in [-0.4, -0.2) is 6.61 Å². The Morgan fingerprint density at radius 3 is 2.67 bits per heavy atom. The van der Waals surface area contributed by atoms with E-state index in [4.69, 9.17) is 11.2 Å². The van der Waals surface area contributed by atoms with Crippen LogP contribution in [0.5, 0.6) is 0 Å². The minimum absolute atomic E-state index is 0.329. The van der Waals surface area contributed by atoms with Gasteiger partial charge in [-0.1, -0.05) is 5.92 Å². The van der Waals surface area contributed by atoms with E-state index in [0.717, 1.165) is 0 Å². The van der Waals surface area contributed by atoms with Gasteiger partial charge in [-0.15, -0.1) is 0 Å². The van der Waals surface area contributed by atoms with Gasteiger partial charge >= 0.3 is 6.72 Å². The quantitative estimate of drug-likeness (QED) is 0.465. The summed E-state index contributed by atoms with van der Waals surface area (Å²) in [5, 5.41) is 0. The highest BCUT2D eigenvalue weighted by Crippen LogP contribution is 2.50. The van der Waals surface area contributed by atoms with Gasteiger partial charge in [-0.05, 0) is 25.1 Å². The highest BCUT2D eigenvalue weighted by Gasteiger charge is 2.12. The summed E-state index contributed by atoms with van der Waals surface area (Å²) in [7, 11) is 0. The minimum atomic E-state index is -3.08. The first-order chi connectivity index (χ1) is 4.12. The third kappa shape index (κ3) is 4.54. The molecule has 0 aromatic rings. The fourth-order valence-corrected chi connectivity index (χ4v) is 1.54. The lowest BCUT2D eigenvalue weighted by Gasteiger charge is -1.98. The molecule has 2 nitrogen and oxygen atoms in total. The van der Waals surface area contributed by atoms with Crippen LogP contribution in [0.1, 0.15) is 13.8 Å². The molecule has 0 heterocycles. The molecule has 1 unspecified atom stereocenters. The first-order valence-electron chi connectivity index (χ1n) is 2.50. The van der Waals surface area contributed by atoms with E-state index >= 15 is 0 Å². The molecule has 0 fully saturated rings. The van der Waals surface area contributed by atoms with Gasteiger partial charge in [-0.3, -0.25) is 4.57 Å². The Hall–Kier alpha value is 0.0400. The molecule has 0 amide bonds. The second-order valence-electron chi connectivity index (χ2n) is 1.26. The third-order valence-electron chi connectivity index (χ3n) is 0.540. The van der Waals surface area contributed by atoms with Crippen LogP contribution in [0, 0.1) is 11.6 Å². The van der Waals surface area contributed by atoms with Gasteiger partial charge in [0, 0.05) is 5.66 Å². The number of rotatable bonds is 2. The zero-order valence-corrected chi connectivity index (χ0v) is 7.00. The maximum atomic E-state index is 10.8. The van der Waals surface area contributed by atoms with Crippen LogP contribution >= 0.6 is 18.0 Å². The average Bonchev–Trinajstić information content (AvgIpc) is 1.64.